The van der Waals surface area contributed by atoms with E-state index in [-0.39, 0.29) is 12.1 Å². The van der Waals surface area contributed by atoms with Crippen LogP contribution in [0.25, 0.3) is 0 Å². The van der Waals surface area contributed by atoms with Gasteiger partial charge in [-0.3, -0.25) is 0 Å². The second kappa shape index (κ2) is 7.81. The number of hydrogen-bond donors (Lipinski definition) is 1. The van der Waals surface area contributed by atoms with Crippen LogP contribution in [0.3, 0.4) is 0 Å². The van der Waals surface area contributed by atoms with Crippen LogP contribution in [-0.4, -0.2) is 33.0 Å². The minimum Gasteiger partial charge on any atom is -0.497 e. The van der Waals surface area contributed by atoms with Gasteiger partial charge in [-0.1, -0.05) is 28.1 Å². The monoisotopic (exact) mass is 377 g/mol. The summed E-state index contributed by atoms with van der Waals surface area (Å²) < 4.78 is 17.8. The lowest BCUT2D eigenvalue weighted by molar-refractivity contribution is -0.0950. The van der Waals surface area contributed by atoms with Gasteiger partial charge in [0.1, 0.15) is 11.9 Å². The van der Waals surface area contributed by atoms with Crippen molar-refractivity contribution in [1.82, 2.24) is 0 Å². The fraction of sp³-hybridized carbons (Fsp3) is 0.333. The highest BCUT2D eigenvalue weighted by atomic mass is 79.9. The molecule has 0 amide bonds. The Hall–Kier alpha value is -1.56. The number of benzene rings is 2. The Morgan fingerprint density at radius 3 is 2.43 bits per heavy atom. The molecule has 3 rings (SSSR count). The van der Waals surface area contributed by atoms with Crippen LogP contribution in [0.15, 0.2) is 53.0 Å². The first kappa shape index (κ1) is 16.3. The zero-order valence-corrected chi connectivity index (χ0v) is 14.6. The van der Waals surface area contributed by atoms with Crippen molar-refractivity contribution in [2.24, 2.45) is 0 Å². The minimum atomic E-state index is -0.0213. The molecule has 1 aliphatic rings. The van der Waals surface area contributed by atoms with E-state index in [9.17, 15) is 0 Å². The Morgan fingerprint density at radius 1 is 1.09 bits per heavy atom. The normalized spacial score (nSPS) is 19.1. The van der Waals surface area contributed by atoms with Crippen molar-refractivity contribution >= 4 is 21.6 Å². The summed E-state index contributed by atoms with van der Waals surface area (Å²) in [6, 6.07) is 16.2. The van der Waals surface area contributed by atoms with E-state index in [1.54, 1.807) is 7.11 Å². The average molecular weight is 378 g/mol. The van der Waals surface area contributed by atoms with Gasteiger partial charge in [0.25, 0.3) is 0 Å². The highest BCUT2D eigenvalue weighted by Gasteiger charge is 2.26. The molecule has 0 radical (unpaired) electrons. The zero-order chi connectivity index (χ0) is 16.1. The first-order valence-electron chi connectivity index (χ1n) is 7.61. The molecule has 2 unspecified atom stereocenters. The topological polar surface area (TPSA) is 39.7 Å². The van der Waals surface area contributed by atoms with Crippen LogP contribution in [0.2, 0.25) is 0 Å². The molecule has 0 bridgehead atoms. The van der Waals surface area contributed by atoms with Gasteiger partial charge >= 0.3 is 0 Å². The van der Waals surface area contributed by atoms with Crippen LogP contribution in [-0.2, 0) is 9.47 Å². The summed E-state index contributed by atoms with van der Waals surface area (Å²) in [7, 11) is 1.67. The van der Waals surface area contributed by atoms with Gasteiger partial charge in [-0.15, -0.1) is 0 Å². The Labute approximate surface area is 144 Å². The van der Waals surface area contributed by atoms with Crippen molar-refractivity contribution < 1.29 is 14.2 Å². The summed E-state index contributed by atoms with van der Waals surface area (Å²) in [5, 5.41) is 3.56. The van der Waals surface area contributed by atoms with Gasteiger partial charge in [0.15, 0.2) is 0 Å². The molecule has 0 saturated carbocycles. The van der Waals surface area contributed by atoms with Crippen molar-refractivity contribution in [2.75, 3.05) is 32.2 Å². The highest BCUT2D eigenvalue weighted by Crippen LogP contribution is 2.28. The molecular formula is C18H20BrNO3. The predicted octanol–water partition coefficient (Wildman–Crippen LogP) is 4.03. The second-order valence-electron chi connectivity index (χ2n) is 5.39. The summed E-state index contributed by atoms with van der Waals surface area (Å²) in [4.78, 5) is 0. The van der Waals surface area contributed by atoms with Crippen molar-refractivity contribution in [1.29, 1.82) is 0 Å². The zero-order valence-electron chi connectivity index (χ0n) is 13.0. The van der Waals surface area contributed by atoms with Crippen molar-refractivity contribution in [3.05, 3.63) is 58.6 Å². The van der Waals surface area contributed by atoms with E-state index in [0.29, 0.717) is 19.8 Å². The third-order valence-electron chi connectivity index (χ3n) is 3.85. The first-order valence-corrected chi connectivity index (χ1v) is 8.41. The average Bonchev–Trinajstić information content (AvgIpc) is 2.62. The van der Waals surface area contributed by atoms with Crippen LogP contribution < -0.4 is 10.1 Å². The quantitative estimate of drug-likeness (QED) is 0.853. The fourth-order valence-electron chi connectivity index (χ4n) is 2.63. The smallest absolute Gasteiger partial charge is 0.119 e. The predicted molar refractivity (Wildman–Crippen MR) is 94.1 cm³/mol. The van der Waals surface area contributed by atoms with Gasteiger partial charge in [-0.2, -0.15) is 0 Å². The number of anilines is 1. The molecule has 0 aromatic heterocycles. The lowest BCUT2D eigenvalue weighted by atomic mass is 10.0. The SMILES string of the molecule is COc1ccc(NC(c2ccc(Br)cc2)C2COCCO2)cc1. The summed E-state index contributed by atoms with van der Waals surface area (Å²) in [6.45, 7) is 1.87. The molecule has 1 aliphatic heterocycles. The van der Waals surface area contributed by atoms with E-state index in [1.165, 1.54) is 5.56 Å². The van der Waals surface area contributed by atoms with E-state index >= 15 is 0 Å². The van der Waals surface area contributed by atoms with E-state index in [4.69, 9.17) is 14.2 Å². The molecule has 0 aliphatic carbocycles. The number of ether oxygens (including phenoxy) is 3. The maximum absolute atomic E-state index is 5.92. The molecule has 23 heavy (non-hydrogen) atoms. The molecule has 0 spiro atoms. The Kier molecular flexibility index (Phi) is 5.54. The van der Waals surface area contributed by atoms with Crippen LogP contribution in [0.5, 0.6) is 5.75 Å². The summed E-state index contributed by atoms with van der Waals surface area (Å²) in [5.41, 5.74) is 2.19. The summed E-state index contributed by atoms with van der Waals surface area (Å²) in [6.07, 6.45) is -0.0213. The van der Waals surface area contributed by atoms with E-state index < -0.39 is 0 Å². The third-order valence-corrected chi connectivity index (χ3v) is 4.38. The van der Waals surface area contributed by atoms with Gasteiger partial charge in [0.2, 0.25) is 0 Å². The number of halogens is 1. The van der Waals surface area contributed by atoms with Gasteiger partial charge in [0, 0.05) is 10.2 Å². The largest absolute Gasteiger partial charge is 0.497 e. The van der Waals surface area contributed by atoms with Crippen molar-refractivity contribution in [3.63, 3.8) is 0 Å². The van der Waals surface area contributed by atoms with Gasteiger partial charge in [-0.25, -0.2) is 0 Å². The van der Waals surface area contributed by atoms with Crippen molar-refractivity contribution in [2.45, 2.75) is 12.1 Å². The van der Waals surface area contributed by atoms with E-state index in [1.807, 2.05) is 36.4 Å². The molecular weight excluding hydrogens is 358 g/mol. The molecule has 2 aromatic carbocycles. The molecule has 122 valence electrons. The molecule has 1 fully saturated rings. The summed E-state index contributed by atoms with van der Waals surface area (Å²) >= 11 is 3.48. The lowest BCUT2D eigenvalue weighted by Crippen LogP contribution is -2.37. The van der Waals surface area contributed by atoms with Crippen LogP contribution in [0, 0.1) is 0 Å². The van der Waals surface area contributed by atoms with E-state index in [2.05, 4.69) is 33.4 Å². The fourth-order valence-corrected chi connectivity index (χ4v) is 2.89. The molecule has 1 N–H and O–H groups in total. The Morgan fingerprint density at radius 2 is 1.83 bits per heavy atom. The van der Waals surface area contributed by atoms with Crippen LogP contribution in [0.4, 0.5) is 5.69 Å². The van der Waals surface area contributed by atoms with Gasteiger partial charge < -0.3 is 19.5 Å². The molecule has 1 heterocycles. The van der Waals surface area contributed by atoms with Crippen LogP contribution >= 0.6 is 15.9 Å². The van der Waals surface area contributed by atoms with E-state index in [0.717, 1.165) is 15.9 Å². The Balaban J connectivity index is 1.82. The Bertz CT molecular complexity index is 609. The summed E-state index contributed by atoms with van der Waals surface area (Å²) in [5.74, 6) is 0.841. The number of nitrogens with one attached hydrogen (secondary N) is 1. The van der Waals surface area contributed by atoms with Gasteiger partial charge in [-0.05, 0) is 42.0 Å². The maximum atomic E-state index is 5.92. The molecule has 1 saturated heterocycles. The highest BCUT2D eigenvalue weighted by molar-refractivity contribution is 9.10. The second-order valence-corrected chi connectivity index (χ2v) is 6.30. The number of rotatable bonds is 5. The number of hydrogen-bond acceptors (Lipinski definition) is 4. The minimum absolute atomic E-state index is 0.0213. The van der Waals surface area contributed by atoms with Crippen LogP contribution in [0.1, 0.15) is 11.6 Å². The first-order chi connectivity index (χ1) is 11.3. The standard InChI is InChI=1S/C18H20BrNO3/c1-21-16-8-6-15(7-9-16)20-18(17-12-22-10-11-23-17)13-2-4-14(19)5-3-13/h2-9,17-18,20H,10-12H2,1H3. The lowest BCUT2D eigenvalue weighted by Gasteiger charge is -2.32. The maximum Gasteiger partial charge on any atom is 0.119 e. The molecule has 2 atom stereocenters. The molecule has 2 aromatic rings. The van der Waals surface area contributed by atoms with Crippen molar-refractivity contribution in [3.8, 4) is 5.75 Å². The van der Waals surface area contributed by atoms with Gasteiger partial charge in [0.05, 0.1) is 33.0 Å². The molecule has 4 nitrogen and oxygen atoms in total. The third kappa shape index (κ3) is 4.25. The number of methoxy groups -OCH3 is 1. The molecule has 5 heteroatoms.